The Morgan fingerprint density at radius 1 is 0.636 bits per heavy atom. The second-order valence-corrected chi connectivity index (χ2v) is 4.50. The first kappa shape index (κ1) is 6.47. The van der Waals surface area contributed by atoms with Gasteiger partial charge in [0.2, 0.25) is 0 Å². The highest BCUT2D eigenvalue weighted by Crippen LogP contribution is 2.64. The van der Waals surface area contributed by atoms with Crippen LogP contribution in [0.5, 0.6) is 0 Å². The number of fused-ring (bicyclic) bond motifs is 1. The average Bonchev–Trinajstić information content (AvgIpc) is 2.42. The van der Waals surface area contributed by atoms with Gasteiger partial charge in [-0.3, -0.25) is 0 Å². The van der Waals surface area contributed by atoms with Gasteiger partial charge < -0.3 is 4.74 Å². The van der Waals surface area contributed by atoms with Gasteiger partial charge in [0.25, 0.3) is 0 Å². The van der Waals surface area contributed by atoms with Crippen LogP contribution in [0.25, 0.3) is 0 Å². The Balaban J connectivity index is 1.83. The summed E-state index contributed by atoms with van der Waals surface area (Å²) in [4.78, 5) is 0. The summed E-state index contributed by atoms with van der Waals surface area (Å²) in [6, 6.07) is 0. The van der Waals surface area contributed by atoms with Crippen LogP contribution in [0.4, 0.5) is 0 Å². The third-order valence-corrected chi connectivity index (χ3v) is 4.00. The molecule has 0 aromatic heterocycles. The Labute approximate surface area is 68.1 Å². The molecule has 2 spiro atoms. The molecule has 0 aromatic rings. The fourth-order valence-corrected chi connectivity index (χ4v) is 3.36. The summed E-state index contributed by atoms with van der Waals surface area (Å²) in [5, 5.41) is 0. The zero-order chi connectivity index (χ0) is 7.36. The molecule has 0 unspecified atom stereocenters. The molecule has 1 aliphatic heterocycles. The average molecular weight is 152 g/mol. The molecule has 1 nitrogen and oxygen atoms in total. The predicted molar refractivity (Wildman–Crippen MR) is 43.5 cm³/mol. The summed E-state index contributed by atoms with van der Waals surface area (Å²) in [5.74, 6) is 0. The zero-order valence-electron chi connectivity index (χ0n) is 7.07. The van der Waals surface area contributed by atoms with Gasteiger partial charge in [-0.2, -0.15) is 0 Å². The molecular formula is C10H16O. The Bertz CT molecular complexity index is 153. The van der Waals surface area contributed by atoms with Crippen molar-refractivity contribution in [3.8, 4) is 0 Å². The highest BCUT2D eigenvalue weighted by molar-refractivity contribution is 5.19. The van der Waals surface area contributed by atoms with Crippen molar-refractivity contribution in [3.05, 3.63) is 0 Å². The highest BCUT2D eigenvalue weighted by atomic mass is 16.6. The monoisotopic (exact) mass is 152 g/mol. The molecule has 1 saturated heterocycles. The van der Waals surface area contributed by atoms with E-state index in [2.05, 4.69) is 0 Å². The summed E-state index contributed by atoms with van der Waals surface area (Å²) in [5.41, 5.74) is 0.840. The second kappa shape index (κ2) is 1.82. The van der Waals surface area contributed by atoms with E-state index >= 15 is 0 Å². The van der Waals surface area contributed by atoms with E-state index in [1.54, 1.807) is 0 Å². The van der Waals surface area contributed by atoms with Crippen molar-refractivity contribution in [2.75, 3.05) is 0 Å². The minimum absolute atomic E-state index is 0.420. The fraction of sp³-hybridized carbons (Fsp3) is 1.00. The van der Waals surface area contributed by atoms with Gasteiger partial charge in [-0.25, -0.2) is 0 Å². The van der Waals surface area contributed by atoms with Gasteiger partial charge in [-0.1, -0.05) is 25.7 Å². The maximum absolute atomic E-state index is 6.01. The van der Waals surface area contributed by atoms with Crippen molar-refractivity contribution in [3.63, 3.8) is 0 Å². The molecule has 3 rings (SSSR count). The lowest BCUT2D eigenvalue weighted by molar-refractivity contribution is 0.264. The van der Waals surface area contributed by atoms with Gasteiger partial charge in [-0.05, 0) is 25.7 Å². The van der Waals surface area contributed by atoms with Gasteiger partial charge >= 0.3 is 0 Å². The third-order valence-electron chi connectivity index (χ3n) is 4.00. The van der Waals surface area contributed by atoms with E-state index < -0.39 is 0 Å². The number of hydrogen-bond donors (Lipinski definition) is 0. The van der Waals surface area contributed by atoms with E-state index in [0.717, 1.165) is 0 Å². The Morgan fingerprint density at radius 3 is 1.36 bits per heavy atom. The van der Waals surface area contributed by atoms with Gasteiger partial charge in [0.15, 0.2) is 0 Å². The number of ether oxygens (including phenoxy) is 1. The zero-order valence-corrected chi connectivity index (χ0v) is 7.07. The quantitative estimate of drug-likeness (QED) is 0.486. The summed E-state index contributed by atoms with van der Waals surface area (Å²) in [6.45, 7) is 0. The van der Waals surface area contributed by atoms with Crippen molar-refractivity contribution in [2.45, 2.75) is 62.6 Å². The molecular weight excluding hydrogens is 136 g/mol. The molecule has 0 radical (unpaired) electrons. The number of hydrogen-bond acceptors (Lipinski definition) is 1. The summed E-state index contributed by atoms with van der Waals surface area (Å²) in [6.07, 6.45) is 11.1. The van der Waals surface area contributed by atoms with Crippen molar-refractivity contribution >= 4 is 0 Å². The standard InChI is InChI=1S/C10H16O/c1-2-6-9(5-1)10(11-9)7-3-4-8-10/h1-8H2. The molecule has 0 aromatic carbocycles. The Kier molecular flexibility index (Phi) is 1.07. The molecule has 3 aliphatic rings. The smallest absolute Gasteiger partial charge is 0.0980 e. The third kappa shape index (κ3) is 0.658. The lowest BCUT2D eigenvalue weighted by Gasteiger charge is -2.07. The first-order valence-corrected chi connectivity index (χ1v) is 5.07. The molecule has 62 valence electrons. The lowest BCUT2D eigenvalue weighted by atomic mass is 9.90. The van der Waals surface area contributed by atoms with Crippen molar-refractivity contribution < 1.29 is 4.74 Å². The predicted octanol–water partition coefficient (Wildman–Crippen LogP) is 2.64. The van der Waals surface area contributed by atoms with Gasteiger partial charge in [0.1, 0.15) is 0 Å². The summed E-state index contributed by atoms with van der Waals surface area (Å²) < 4.78 is 6.01. The van der Waals surface area contributed by atoms with Crippen LogP contribution in [0.15, 0.2) is 0 Å². The van der Waals surface area contributed by atoms with E-state index in [-0.39, 0.29) is 0 Å². The van der Waals surface area contributed by atoms with E-state index in [1.807, 2.05) is 0 Å². The topological polar surface area (TPSA) is 12.5 Å². The molecule has 3 fully saturated rings. The maximum atomic E-state index is 6.01. The van der Waals surface area contributed by atoms with E-state index in [9.17, 15) is 0 Å². The molecule has 1 heterocycles. The van der Waals surface area contributed by atoms with Crippen LogP contribution in [0, 0.1) is 0 Å². The normalized spacial score (nSPS) is 37.1. The van der Waals surface area contributed by atoms with Crippen molar-refractivity contribution in [1.82, 2.24) is 0 Å². The van der Waals surface area contributed by atoms with E-state index in [4.69, 9.17) is 4.74 Å². The maximum Gasteiger partial charge on any atom is 0.0980 e. The Hall–Kier alpha value is -0.0400. The van der Waals surface area contributed by atoms with Gasteiger partial charge in [0, 0.05) is 0 Å². The van der Waals surface area contributed by atoms with Crippen LogP contribution < -0.4 is 0 Å². The van der Waals surface area contributed by atoms with Crippen LogP contribution in [0.2, 0.25) is 0 Å². The van der Waals surface area contributed by atoms with Crippen molar-refractivity contribution in [2.24, 2.45) is 0 Å². The molecule has 0 N–H and O–H groups in total. The van der Waals surface area contributed by atoms with Crippen LogP contribution >= 0.6 is 0 Å². The minimum atomic E-state index is 0.420. The van der Waals surface area contributed by atoms with Crippen molar-refractivity contribution in [1.29, 1.82) is 0 Å². The highest BCUT2D eigenvalue weighted by Gasteiger charge is 2.69. The van der Waals surface area contributed by atoms with Crippen LogP contribution in [-0.4, -0.2) is 11.2 Å². The second-order valence-electron chi connectivity index (χ2n) is 4.50. The molecule has 0 bridgehead atoms. The van der Waals surface area contributed by atoms with Crippen LogP contribution in [0.1, 0.15) is 51.4 Å². The molecule has 0 atom stereocenters. The summed E-state index contributed by atoms with van der Waals surface area (Å²) >= 11 is 0. The molecule has 1 heteroatoms. The van der Waals surface area contributed by atoms with Crippen LogP contribution in [-0.2, 0) is 4.74 Å². The Morgan fingerprint density at radius 2 is 1.00 bits per heavy atom. The van der Waals surface area contributed by atoms with Gasteiger partial charge in [-0.15, -0.1) is 0 Å². The van der Waals surface area contributed by atoms with E-state index in [1.165, 1.54) is 51.4 Å². The fourth-order valence-electron chi connectivity index (χ4n) is 3.36. The van der Waals surface area contributed by atoms with E-state index in [0.29, 0.717) is 11.2 Å². The molecule has 0 amide bonds. The first-order valence-electron chi connectivity index (χ1n) is 5.07. The largest absolute Gasteiger partial charge is 0.363 e. The van der Waals surface area contributed by atoms with Gasteiger partial charge in [0.05, 0.1) is 11.2 Å². The number of epoxide rings is 1. The lowest BCUT2D eigenvalue weighted by Crippen LogP contribution is -2.19. The SMILES string of the molecule is C1CCC2(C1)OC21CCCC1. The molecule has 2 aliphatic carbocycles. The summed E-state index contributed by atoms with van der Waals surface area (Å²) in [7, 11) is 0. The number of rotatable bonds is 0. The molecule has 11 heavy (non-hydrogen) atoms. The molecule has 2 saturated carbocycles. The first-order chi connectivity index (χ1) is 5.37. The van der Waals surface area contributed by atoms with Crippen LogP contribution in [0.3, 0.4) is 0 Å². The minimum Gasteiger partial charge on any atom is -0.363 e.